The van der Waals surface area contributed by atoms with Gasteiger partial charge in [-0.3, -0.25) is 0 Å². The summed E-state index contributed by atoms with van der Waals surface area (Å²) in [6, 6.07) is 6.81. The van der Waals surface area contributed by atoms with Crippen molar-refractivity contribution < 1.29 is 31.5 Å². The van der Waals surface area contributed by atoms with Crippen molar-refractivity contribution in [2.45, 2.75) is 12.6 Å². The zero-order valence-corrected chi connectivity index (χ0v) is 17.2. The topological polar surface area (TPSA) is 42.4 Å². The van der Waals surface area contributed by atoms with Crippen LogP contribution in [0, 0.1) is 11.6 Å². The molecule has 31 heavy (non-hydrogen) atoms. The maximum Gasteiger partial charge on any atom is 0.420 e. The van der Waals surface area contributed by atoms with Gasteiger partial charge in [0.2, 0.25) is 0 Å². The number of carbonyl (C=O) groups is 1. The molecule has 1 heterocycles. The number of carbonyl (C=O) groups excluding carboxylic acids is 1. The highest BCUT2D eigenvalue weighted by molar-refractivity contribution is 7.14. The molecule has 2 aromatic carbocycles. The first-order chi connectivity index (χ1) is 14.7. The van der Waals surface area contributed by atoms with Gasteiger partial charge in [0.05, 0.1) is 23.6 Å². The molecule has 0 atom stereocenters. The molecule has 0 aliphatic carbocycles. The number of aromatic nitrogens is 1. The number of benzene rings is 2. The van der Waals surface area contributed by atoms with Gasteiger partial charge in [-0.25, -0.2) is 23.5 Å². The summed E-state index contributed by atoms with van der Waals surface area (Å²) in [5.74, 6) is -1.35. The van der Waals surface area contributed by atoms with E-state index in [0.717, 1.165) is 46.6 Å². The number of ether oxygens (including phenoxy) is 1. The van der Waals surface area contributed by atoms with Crippen LogP contribution in [0.1, 0.15) is 12.0 Å². The number of thiazole rings is 1. The molecule has 0 aliphatic heterocycles. The molecule has 4 nitrogen and oxygen atoms in total. The van der Waals surface area contributed by atoms with E-state index in [2.05, 4.69) is 4.98 Å². The molecular formula is C20H14ClF5N2O2S. The summed E-state index contributed by atoms with van der Waals surface area (Å²) in [5, 5.41) is 1.48. The molecule has 0 spiro atoms. The summed E-state index contributed by atoms with van der Waals surface area (Å²) in [5.41, 5.74) is -0.681. The summed E-state index contributed by atoms with van der Waals surface area (Å²) >= 11 is 6.51. The molecule has 0 N–H and O–H groups in total. The van der Waals surface area contributed by atoms with E-state index < -0.39 is 29.5 Å². The standard InChI is InChI=1S/C20H14ClF5N2O2S/c21-8-1-9-30-19(29)28(14-5-2-12(3-6-14)20(24,25)26)18-27-17(11-31-18)15-7-4-13(22)10-16(15)23/h2-7,10-11H,1,8-9H2. The second-order valence-corrected chi connectivity index (χ2v) is 7.39. The molecule has 0 bridgehead atoms. The van der Waals surface area contributed by atoms with E-state index in [9.17, 15) is 26.7 Å². The van der Waals surface area contributed by atoms with Crippen LogP contribution in [-0.4, -0.2) is 23.6 Å². The molecule has 11 heteroatoms. The van der Waals surface area contributed by atoms with Crippen LogP contribution in [0.5, 0.6) is 0 Å². The third kappa shape index (κ3) is 5.50. The summed E-state index contributed by atoms with van der Waals surface area (Å²) in [6.07, 6.45) is -5.05. The lowest BCUT2D eigenvalue weighted by molar-refractivity contribution is -0.137. The Bertz CT molecular complexity index is 1060. The Kier molecular flexibility index (Phi) is 7.11. The number of amides is 1. The van der Waals surface area contributed by atoms with Gasteiger partial charge in [0, 0.05) is 22.9 Å². The maximum absolute atomic E-state index is 14.1. The van der Waals surface area contributed by atoms with Crippen molar-refractivity contribution in [1.82, 2.24) is 4.98 Å². The number of alkyl halides is 4. The van der Waals surface area contributed by atoms with Crippen LogP contribution < -0.4 is 4.90 Å². The van der Waals surface area contributed by atoms with E-state index in [4.69, 9.17) is 16.3 Å². The fourth-order valence-electron chi connectivity index (χ4n) is 2.56. The second-order valence-electron chi connectivity index (χ2n) is 6.18. The first kappa shape index (κ1) is 23.0. The minimum absolute atomic E-state index is 0.00627. The molecule has 164 valence electrons. The zero-order chi connectivity index (χ0) is 22.6. The predicted octanol–water partition coefficient (Wildman–Crippen LogP) is 7.01. The number of nitrogens with zero attached hydrogens (tertiary/aromatic N) is 2. The third-order valence-electron chi connectivity index (χ3n) is 4.03. The van der Waals surface area contributed by atoms with E-state index in [1.165, 1.54) is 11.4 Å². The third-order valence-corrected chi connectivity index (χ3v) is 5.12. The van der Waals surface area contributed by atoms with Crippen LogP contribution in [0.2, 0.25) is 0 Å². The Morgan fingerprint density at radius 3 is 2.45 bits per heavy atom. The maximum atomic E-state index is 14.1. The lowest BCUT2D eigenvalue weighted by Gasteiger charge is -2.20. The SMILES string of the molecule is O=C(OCCCCl)N(c1ccc(C(F)(F)F)cc1)c1nc(-c2ccc(F)cc2F)cs1. The molecule has 0 fully saturated rings. The van der Waals surface area contributed by atoms with Crippen LogP contribution in [0.3, 0.4) is 0 Å². The van der Waals surface area contributed by atoms with Crippen LogP contribution in [-0.2, 0) is 10.9 Å². The largest absolute Gasteiger partial charge is 0.449 e. The number of hydrogen-bond acceptors (Lipinski definition) is 4. The van der Waals surface area contributed by atoms with Gasteiger partial charge in [0.15, 0.2) is 5.13 Å². The Morgan fingerprint density at radius 2 is 1.84 bits per heavy atom. The Morgan fingerprint density at radius 1 is 1.13 bits per heavy atom. The minimum Gasteiger partial charge on any atom is -0.449 e. The normalized spacial score (nSPS) is 11.4. The number of rotatable bonds is 6. The van der Waals surface area contributed by atoms with Crippen molar-refractivity contribution in [3.63, 3.8) is 0 Å². The highest BCUT2D eigenvalue weighted by atomic mass is 35.5. The molecule has 0 saturated heterocycles. The lowest BCUT2D eigenvalue weighted by Crippen LogP contribution is -2.27. The Balaban J connectivity index is 1.97. The van der Waals surface area contributed by atoms with Crippen molar-refractivity contribution in [3.05, 3.63) is 65.0 Å². The van der Waals surface area contributed by atoms with Gasteiger partial charge >= 0.3 is 12.3 Å². The molecule has 1 amide bonds. The molecule has 1 aromatic heterocycles. The summed E-state index contributed by atoms with van der Waals surface area (Å²) in [4.78, 5) is 17.8. The van der Waals surface area contributed by atoms with Crippen molar-refractivity contribution in [1.29, 1.82) is 0 Å². The van der Waals surface area contributed by atoms with Crippen LogP contribution in [0.15, 0.2) is 47.8 Å². The van der Waals surface area contributed by atoms with Crippen LogP contribution in [0.4, 0.5) is 37.6 Å². The van der Waals surface area contributed by atoms with E-state index in [-0.39, 0.29) is 34.6 Å². The molecule has 3 rings (SSSR count). The van der Waals surface area contributed by atoms with E-state index in [1.54, 1.807) is 0 Å². The van der Waals surface area contributed by atoms with Gasteiger partial charge in [-0.15, -0.1) is 22.9 Å². The monoisotopic (exact) mass is 476 g/mol. The van der Waals surface area contributed by atoms with Gasteiger partial charge in [0.1, 0.15) is 11.6 Å². The van der Waals surface area contributed by atoms with Gasteiger partial charge in [-0.05, 0) is 42.8 Å². The van der Waals surface area contributed by atoms with Gasteiger partial charge < -0.3 is 4.74 Å². The second kappa shape index (κ2) is 9.61. The van der Waals surface area contributed by atoms with Crippen molar-refractivity contribution in [2.75, 3.05) is 17.4 Å². The molecule has 0 saturated carbocycles. The Hall–Kier alpha value is -2.72. The first-order valence-corrected chi connectivity index (χ1v) is 10.2. The van der Waals surface area contributed by atoms with Crippen molar-refractivity contribution in [3.8, 4) is 11.3 Å². The fraction of sp³-hybridized carbons (Fsp3) is 0.200. The van der Waals surface area contributed by atoms with Gasteiger partial charge in [-0.2, -0.15) is 13.2 Å². The van der Waals surface area contributed by atoms with E-state index in [0.29, 0.717) is 12.5 Å². The summed E-state index contributed by atoms with van der Waals surface area (Å²) in [6.45, 7) is -0.00963. The number of anilines is 2. The Labute approximate surface area is 182 Å². The van der Waals surface area contributed by atoms with E-state index in [1.807, 2.05) is 0 Å². The molecule has 0 radical (unpaired) electrons. The smallest absolute Gasteiger partial charge is 0.420 e. The fourth-order valence-corrected chi connectivity index (χ4v) is 3.50. The quantitative estimate of drug-likeness (QED) is 0.218. The van der Waals surface area contributed by atoms with Gasteiger partial charge in [0.25, 0.3) is 0 Å². The lowest BCUT2D eigenvalue weighted by atomic mass is 10.1. The highest BCUT2D eigenvalue weighted by Crippen LogP contribution is 2.36. The summed E-state index contributed by atoms with van der Waals surface area (Å²) in [7, 11) is 0. The first-order valence-electron chi connectivity index (χ1n) is 8.82. The van der Waals surface area contributed by atoms with Crippen molar-refractivity contribution in [2.24, 2.45) is 0 Å². The van der Waals surface area contributed by atoms with Crippen molar-refractivity contribution >= 4 is 39.8 Å². The molecule has 0 aliphatic rings. The molecule has 0 unspecified atom stereocenters. The van der Waals surface area contributed by atoms with Gasteiger partial charge in [-0.1, -0.05) is 0 Å². The van der Waals surface area contributed by atoms with Crippen LogP contribution in [0.25, 0.3) is 11.3 Å². The average molecular weight is 477 g/mol. The highest BCUT2D eigenvalue weighted by Gasteiger charge is 2.31. The molecule has 3 aromatic rings. The predicted molar refractivity (Wildman–Crippen MR) is 108 cm³/mol. The number of halogens is 6. The molecular weight excluding hydrogens is 463 g/mol. The van der Waals surface area contributed by atoms with E-state index >= 15 is 0 Å². The minimum atomic E-state index is -4.54. The number of hydrogen-bond donors (Lipinski definition) is 0. The van der Waals surface area contributed by atoms with Crippen LogP contribution >= 0.6 is 22.9 Å². The zero-order valence-electron chi connectivity index (χ0n) is 15.6. The summed E-state index contributed by atoms with van der Waals surface area (Å²) < 4.78 is 71.0. The average Bonchev–Trinajstić information content (AvgIpc) is 3.17.